The van der Waals surface area contributed by atoms with E-state index in [0.717, 1.165) is 6.26 Å². The molecule has 0 rings (SSSR count). The standard InChI is InChI=1S/C7H14BrClO3S/c1-6(2,3)5(10)7(8,9)13(4,11)12/h5,10H,1-4H3/t5-,7-/m0/s1. The van der Waals surface area contributed by atoms with Crippen LogP contribution in [0.1, 0.15) is 20.8 Å². The van der Waals surface area contributed by atoms with Crippen molar-refractivity contribution >= 4 is 37.4 Å². The first-order valence-corrected chi connectivity index (χ1v) is 6.72. The van der Waals surface area contributed by atoms with Crippen LogP contribution in [0.2, 0.25) is 0 Å². The van der Waals surface area contributed by atoms with Gasteiger partial charge in [0.25, 0.3) is 0 Å². The maximum Gasteiger partial charge on any atom is 0.225 e. The highest BCUT2D eigenvalue weighted by molar-refractivity contribution is 9.12. The molecule has 0 aromatic carbocycles. The van der Waals surface area contributed by atoms with Crippen molar-refractivity contribution in [3.05, 3.63) is 0 Å². The van der Waals surface area contributed by atoms with Gasteiger partial charge < -0.3 is 5.11 Å². The van der Waals surface area contributed by atoms with Crippen molar-refractivity contribution in [1.82, 2.24) is 0 Å². The topological polar surface area (TPSA) is 54.4 Å². The predicted octanol–water partition coefficient (Wildman–Crippen LogP) is 1.73. The number of aliphatic hydroxyl groups excluding tert-OH is 1. The average molecular weight is 294 g/mol. The van der Waals surface area contributed by atoms with Crippen LogP contribution in [-0.2, 0) is 9.84 Å². The molecular weight excluding hydrogens is 279 g/mol. The molecule has 80 valence electrons. The summed E-state index contributed by atoms with van der Waals surface area (Å²) in [5.41, 5.74) is -0.603. The van der Waals surface area contributed by atoms with Crippen LogP contribution in [0.5, 0.6) is 0 Å². The molecule has 0 heterocycles. The van der Waals surface area contributed by atoms with Gasteiger partial charge in [-0.25, -0.2) is 8.42 Å². The lowest BCUT2D eigenvalue weighted by Crippen LogP contribution is -2.45. The molecule has 0 saturated heterocycles. The minimum Gasteiger partial charge on any atom is -0.389 e. The molecule has 1 N–H and O–H groups in total. The smallest absolute Gasteiger partial charge is 0.225 e. The van der Waals surface area contributed by atoms with Crippen molar-refractivity contribution in [3.63, 3.8) is 0 Å². The summed E-state index contributed by atoms with van der Waals surface area (Å²) >= 11 is 8.56. The highest BCUT2D eigenvalue weighted by Crippen LogP contribution is 2.41. The van der Waals surface area contributed by atoms with Crippen LogP contribution in [0.15, 0.2) is 0 Å². The molecule has 0 aromatic heterocycles. The fourth-order valence-electron chi connectivity index (χ4n) is 0.707. The van der Waals surface area contributed by atoms with E-state index < -0.39 is 24.5 Å². The van der Waals surface area contributed by atoms with Crippen LogP contribution in [-0.4, -0.2) is 29.0 Å². The normalized spacial score (nSPS) is 20.8. The molecule has 6 heteroatoms. The molecule has 2 atom stereocenters. The predicted molar refractivity (Wildman–Crippen MR) is 57.8 cm³/mol. The van der Waals surface area contributed by atoms with Crippen molar-refractivity contribution in [2.45, 2.75) is 30.0 Å². The van der Waals surface area contributed by atoms with Gasteiger partial charge in [0.15, 0.2) is 9.84 Å². The fraction of sp³-hybridized carbons (Fsp3) is 1.00. The zero-order valence-electron chi connectivity index (χ0n) is 8.01. The number of aliphatic hydroxyl groups is 1. The van der Waals surface area contributed by atoms with E-state index >= 15 is 0 Å². The Morgan fingerprint density at radius 2 is 1.69 bits per heavy atom. The van der Waals surface area contributed by atoms with Gasteiger partial charge >= 0.3 is 0 Å². The van der Waals surface area contributed by atoms with Gasteiger partial charge in [0.05, 0.1) is 0 Å². The summed E-state index contributed by atoms with van der Waals surface area (Å²) in [4.78, 5) is 0. The third-order valence-corrected chi connectivity index (χ3v) is 6.09. The Kier molecular flexibility index (Phi) is 3.87. The molecule has 0 bridgehead atoms. The van der Waals surface area contributed by atoms with Crippen LogP contribution in [0.3, 0.4) is 0 Å². The molecule has 0 radical (unpaired) electrons. The van der Waals surface area contributed by atoms with Gasteiger partial charge in [0, 0.05) is 6.26 Å². The number of alkyl halides is 2. The van der Waals surface area contributed by atoms with E-state index in [4.69, 9.17) is 11.6 Å². The molecule has 0 aliphatic rings. The minimum atomic E-state index is -3.55. The number of sulfone groups is 1. The van der Waals surface area contributed by atoms with E-state index in [1.165, 1.54) is 0 Å². The van der Waals surface area contributed by atoms with Gasteiger partial charge in [-0.2, -0.15) is 0 Å². The SMILES string of the molecule is CC(C)(C)[C@H](O)[C@@](Cl)(Br)S(C)(=O)=O. The zero-order chi connectivity index (χ0) is 11.1. The van der Waals surface area contributed by atoms with Gasteiger partial charge in [-0.15, -0.1) is 0 Å². The lowest BCUT2D eigenvalue weighted by atomic mass is 9.90. The van der Waals surface area contributed by atoms with E-state index in [9.17, 15) is 13.5 Å². The minimum absolute atomic E-state index is 0.603. The van der Waals surface area contributed by atoms with E-state index in [0.29, 0.717) is 0 Å². The molecule has 0 aliphatic heterocycles. The van der Waals surface area contributed by atoms with E-state index in [1.807, 2.05) is 0 Å². The van der Waals surface area contributed by atoms with Crippen LogP contribution in [0.25, 0.3) is 0 Å². The summed E-state index contributed by atoms with van der Waals surface area (Å²) in [5.74, 6) is 0. The number of hydrogen-bond acceptors (Lipinski definition) is 3. The molecule has 0 unspecified atom stereocenters. The van der Waals surface area contributed by atoms with Crippen LogP contribution < -0.4 is 0 Å². The third kappa shape index (κ3) is 3.08. The largest absolute Gasteiger partial charge is 0.389 e. The van der Waals surface area contributed by atoms with E-state index in [2.05, 4.69) is 15.9 Å². The van der Waals surface area contributed by atoms with E-state index in [1.54, 1.807) is 20.8 Å². The molecule has 0 aliphatic carbocycles. The molecule has 13 heavy (non-hydrogen) atoms. The lowest BCUT2D eigenvalue weighted by molar-refractivity contribution is 0.0693. The number of hydrogen-bond donors (Lipinski definition) is 1. The molecule has 3 nitrogen and oxygen atoms in total. The first kappa shape index (κ1) is 13.7. The summed E-state index contributed by atoms with van der Waals surface area (Å²) in [6.07, 6.45) is -0.208. The maximum atomic E-state index is 11.2. The first-order chi connectivity index (χ1) is 5.40. The Labute approximate surface area is 92.5 Å². The quantitative estimate of drug-likeness (QED) is 0.789. The van der Waals surface area contributed by atoms with Crippen LogP contribution >= 0.6 is 27.5 Å². The first-order valence-electron chi connectivity index (χ1n) is 3.66. The summed E-state index contributed by atoms with van der Waals surface area (Å²) in [6, 6.07) is 0. The Morgan fingerprint density at radius 1 is 1.38 bits per heavy atom. The van der Waals surface area contributed by atoms with Crippen LogP contribution in [0, 0.1) is 5.41 Å². The number of rotatable bonds is 2. The van der Waals surface area contributed by atoms with Crippen molar-refractivity contribution in [2.75, 3.05) is 6.26 Å². The number of halogens is 2. The van der Waals surface area contributed by atoms with Gasteiger partial charge in [-0.1, -0.05) is 32.4 Å². The Morgan fingerprint density at radius 3 is 1.77 bits per heavy atom. The molecule has 0 aromatic rings. The highest BCUT2D eigenvalue weighted by Gasteiger charge is 2.48. The summed E-state index contributed by atoms with van der Waals surface area (Å²) < 4.78 is 20.6. The molecule has 0 saturated carbocycles. The van der Waals surface area contributed by atoms with Crippen molar-refractivity contribution in [3.8, 4) is 0 Å². The molecule has 0 spiro atoms. The van der Waals surface area contributed by atoms with E-state index in [-0.39, 0.29) is 0 Å². The Balaban J connectivity index is 5.09. The summed E-state index contributed by atoms with van der Waals surface area (Å²) in [6.45, 7) is 5.13. The molecular formula is C7H14BrClO3S. The van der Waals surface area contributed by atoms with Crippen molar-refractivity contribution < 1.29 is 13.5 Å². The second-order valence-electron chi connectivity index (χ2n) is 4.10. The lowest BCUT2D eigenvalue weighted by Gasteiger charge is -2.34. The molecule has 0 fully saturated rings. The Bertz CT molecular complexity index is 279. The monoisotopic (exact) mass is 292 g/mol. The van der Waals surface area contributed by atoms with Gasteiger partial charge in [-0.3, -0.25) is 0 Å². The Hall–Kier alpha value is 0.680. The third-order valence-electron chi connectivity index (χ3n) is 1.63. The van der Waals surface area contributed by atoms with Crippen molar-refractivity contribution in [1.29, 1.82) is 0 Å². The van der Waals surface area contributed by atoms with Crippen LogP contribution in [0.4, 0.5) is 0 Å². The zero-order valence-corrected chi connectivity index (χ0v) is 11.2. The second kappa shape index (κ2) is 3.68. The van der Waals surface area contributed by atoms with Gasteiger partial charge in [0.1, 0.15) is 6.10 Å². The molecule has 0 amide bonds. The van der Waals surface area contributed by atoms with Gasteiger partial charge in [-0.05, 0) is 21.3 Å². The average Bonchev–Trinajstić information content (AvgIpc) is 1.81. The second-order valence-corrected chi connectivity index (χ2v) is 9.34. The highest BCUT2D eigenvalue weighted by atomic mass is 79.9. The summed E-state index contributed by atoms with van der Waals surface area (Å²) in [5, 5.41) is 9.69. The maximum absolute atomic E-state index is 11.2. The van der Waals surface area contributed by atoms with Crippen molar-refractivity contribution in [2.24, 2.45) is 5.41 Å². The summed E-state index contributed by atoms with van der Waals surface area (Å²) in [7, 11) is -3.55. The fourth-order valence-corrected chi connectivity index (χ4v) is 2.48. The van der Waals surface area contributed by atoms with Gasteiger partial charge in [0.2, 0.25) is 3.12 Å².